The van der Waals surface area contributed by atoms with Crippen molar-refractivity contribution < 1.29 is 14.3 Å². The quantitative estimate of drug-likeness (QED) is 0.815. The third kappa shape index (κ3) is 3.01. The first-order chi connectivity index (χ1) is 11.1. The van der Waals surface area contributed by atoms with Crippen molar-refractivity contribution in [1.82, 2.24) is 4.98 Å². The second-order valence-corrected chi connectivity index (χ2v) is 5.82. The molecule has 3 rings (SSSR count). The molecule has 23 heavy (non-hydrogen) atoms. The second-order valence-electron chi connectivity index (χ2n) is 5.82. The van der Waals surface area contributed by atoms with Crippen LogP contribution in [-0.4, -0.2) is 43.9 Å². The summed E-state index contributed by atoms with van der Waals surface area (Å²) in [6.45, 7) is 9.13. The van der Waals surface area contributed by atoms with Crippen molar-refractivity contribution in [3.63, 3.8) is 0 Å². The van der Waals surface area contributed by atoms with Gasteiger partial charge in [0, 0.05) is 24.7 Å². The fraction of sp³-hybridized carbons (Fsp3) is 0.444. The number of aryl methyl sites for hydroxylation is 2. The Kier molecular flexibility index (Phi) is 4.48. The highest BCUT2D eigenvalue weighted by Crippen LogP contribution is 2.33. The summed E-state index contributed by atoms with van der Waals surface area (Å²) >= 11 is 0. The van der Waals surface area contributed by atoms with E-state index in [1.807, 2.05) is 6.92 Å². The zero-order valence-corrected chi connectivity index (χ0v) is 13.9. The normalized spacial score (nSPS) is 15.0. The summed E-state index contributed by atoms with van der Waals surface area (Å²) < 4.78 is 10.7. The van der Waals surface area contributed by atoms with Crippen LogP contribution in [-0.2, 0) is 9.47 Å². The number of pyridine rings is 1. The first kappa shape index (κ1) is 15.7. The lowest BCUT2D eigenvalue weighted by atomic mass is 10.0. The predicted molar refractivity (Wildman–Crippen MR) is 90.2 cm³/mol. The maximum absolute atomic E-state index is 12.4. The van der Waals surface area contributed by atoms with Crippen LogP contribution in [0.25, 0.3) is 10.9 Å². The van der Waals surface area contributed by atoms with Gasteiger partial charge in [-0.3, -0.25) is 4.98 Å². The molecule has 5 nitrogen and oxygen atoms in total. The Morgan fingerprint density at radius 1 is 1.30 bits per heavy atom. The number of carbonyl (C=O) groups excluding carboxylic acids is 1. The lowest BCUT2D eigenvalue weighted by Gasteiger charge is -2.31. The van der Waals surface area contributed by atoms with Crippen molar-refractivity contribution >= 4 is 22.6 Å². The van der Waals surface area contributed by atoms with Crippen LogP contribution in [0.1, 0.15) is 28.4 Å². The molecule has 0 aliphatic carbocycles. The smallest absolute Gasteiger partial charge is 0.341 e. The van der Waals surface area contributed by atoms with E-state index in [0.29, 0.717) is 25.4 Å². The summed E-state index contributed by atoms with van der Waals surface area (Å²) in [6, 6.07) is 4.21. The molecule has 5 heteroatoms. The molecule has 1 aromatic carbocycles. The Bertz CT molecular complexity index is 737. The Labute approximate surface area is 136 Å². The monoisotopic (exact) mass is 314 g/mol. The van der Waals surface area contributed by atoms with Crippen LogP contribution in [0.4, 0.5) is 5.69 Å². The molecule has 1 saturated heterocycles. The van der Waals surface area contributed by atoms with Crippen LogP contribution >= 0.6 is 0 Å². The number of rotatable bonds is 3. The average molecular weight is 314 g/mol. The maximum Gasteiger partial charge on any atom is 0.341 e. The summed E-state index contributed by atoms with van der Waals surface area (Å²) in [5.41, 5.74) is 4.66. The molecule has 0 amide bonds. The minimum Gasteiger partial charge on any atom is -0.462 e. The highest BCUT2D eigenvalue weighted by atomic mass is 16.5. The molecule has 0 saturated carbocycles. The standard InChI is InChI=1S/C18H22N2O3/c1-4-23-18(21)15-11-19-16-13(3)9-12(2)10-14(16)17(15)20-5-7-22-8-6-20/h9-11H,4-8H2,1-3H3. The van der Waals surface area contributed by atoms with E-state index >= 15 is 0 Å². The number of aromatic nitrogens is 1. The number of esters is 1. The Hall–Kier alpha value is -2.14. The fourth-order valence-corrected chi connectivity index (χ4v) is 3.13. The zero-order chi connectivity index (χ0) is 16.4. The van der Waals surface area contributed by atoms with Crippen LogP contribution in [0.5, 0.6) is 0 Å². The molecule has 1 aliphatic rings. The molecule has 1 aromatic heterocycles. The van der Waals surface area contributed by atoms with Crippen LogP contribution in [0.15, 0.2) is 18.3 Å². The molecule has 0 unspecified atom stereocenters. The van der Waals surface area contributed by atoms with E-state index in [1.54, 1.807) is 6.20 Å². The fourth-order valence-electron chi connectivity index (χ4n) is 3.13. The summed E-state index contributed by atoms with van der Waals surface area (Å²) in [6.07, 6.45) is 1.65. The van der Waals surface area contributed by atoms with Crippen molar-refractivity contribution in [3.8, 4) is 0 Å². The minimum absolute atomic E-state index is 0.317. The van der Waals surface area contributed by atoms with E-state index in [-0.39, 0.29) is 5.97 Å². The number of morpholine rings is 1. The number of benzene rings is 1. The largest absolute Gasteiger partial charge is 0.462 e. The van der Waals surface area contributed by atoms with Gasteiger partial charge in [-0.1, -0.05) is 11.6 Å². The molecule has 0 atom stereocenters. The van der Waals surface area contributed by atoms with E-state index in [2.05, 4.69) is 35.9 Å². The summed E-state index contributed by atoms with van der Waals surface area (Å²) in [5.74, 6) is -0.317. The van der Waals surface area contributed by atoms with Crippen LogP contribution < -0.4 is 4.90 Å². The number of nitrogens with zero attached hydrogens (tertiary/aromatic N) is 2. The van der Waals surface area contributed by atoms with Gasteiger partial charge in [-0.05, 0) is 32.4 Å². The summed E-state index contributed by atoms with van der Waals surface area (Å²) in [7, 11) is 0. The van der Waals surface area contributed by atoms with Crippen molar-refractivity contribution in [1.29, 1.82) is 0 Å². The molecule has 0 radical (unpaired) electrons. The first-order valence-electron chi connectivity index (χ1n) is 8.01. The number of carbonyl (C=O) groups is 1. The van der Waals surface area contributed by atoms with Gasteiger partial charge in [0.05, 0.1) is 31.0 Å². The van der Waals surface area contributed by atoms with Crippen molar-refractivity contribution in [3.05, 3.63) is 35.0 Å². The lowest BCUT2D eigenvalue weighted by Crippen LogP contribution is -2.37. The Morgan fingerprint density at radius 3 is 2.74 bits per heavy atom. The third-order valence-corrected chi connectivity index (χ3v) is 4.10. The predicted octanol–water partition coefficient (Wildman–Crippen LogP) is 2.86. The molecular weight excluding hydrogens is 292 g/mol. The topological polar surface area (TPSA) is 51.7 Å². The van der Waals surface area contributed by atoms with Gasteiger partial charge in [0.2, 0.25) is 0 Å². The van der Waals surface area contributed by atoms with Crippen LogP contribution in [0, 0.1) is 13.8 Å². The molecule has 1 fully saturated rings. The van der Waals surface area contributed by atoms with Crippen LogP contribution in [0.3, 0.4) is 0 Å². The molecule has 2 heterocycles. The molecule has 122 valence electrons. The van der Waals surface area contributed by atoms with Crippen molar-refractivity contribution in [2.24, 2.45) is 0 Å². The SMILES string of the molecule is CCOC(=O)c1cnc2c(C)cc(C)cc2c1N1CCOCC1. The Morgan fingerprint density at radius 2 is 2.04 bits per heavy atom. The Balaban J connectivity index is 2.23. The van der Waals surface area contributed by atoms with Gasteiger partial charge in [-0.15, -0.1) is 0 Å². The van der Waals surface area contributed by atoms with E-state index in [1.165, 1.54) is 0 Å². The molecular formula is C18H22N2O3. The van der Waals surface area contributed by atoms with Gasteiger partial charge >= 0.3 is 5.97 Å². The highest BCUT2D eigenvalue weighted by Gasteiger charge is 2.23. The number of fused-ring (bicyclic) bond motifs is 1. The number of ether oxygens (including phenoxy) is 2. The van der Waals surface area contributed by atoms with Gasteiger partial charge in [0.15, 0.2) is 0 Å². The van der Waals surface area contributed by atoms with Crippen molar-refractivity contribution in [2.75, 3.05) is 37.8 Å². The minimum atomic E-state index is -0.317. The second kappa shape index (κ2) is 6.54. The van der Waals surface area contributed by atoms with Gasteiger partial charge in [-0.2, -0.15) is 0 Å². The first-order valence-corrected chi connectivity index (χ1v) is 8.01. The van der Waals surface area contributed by atoms with Gasteiger partial charge in [0.25, 0.3) is 0 Å². The average Bonchev–Trinajstić information content (AvgIpc) is 2.54. The van der Waals surface area contributed by atoms with E-state index in [0.717, 1.165) is 40.8 Å². The highest BCUT2D eigenvalue weighted by molar-refractivity contribution is 6.06. The number of hydrogen-bond acceptors (Lipinski definition) is 5. The van der Waals surface area contributed by atoms with E-state index in [9.17, 15) is 4.79 Å². The number of anilines is 1. The van der Waals surface area contributed by atoms with E-state index in [4.69, 9.17) is 9.47 Å². The molecule has 0 N–H and O–H groups in total. The zero-order valence-electron chi connectivity index (χ0n) is 13.9. The molecule has 2 aromatic rings. The lowest BCUT2D eigenvalue weighted by molar-refractivity contribution is 0.0526. The van der Waals surface area contributed by atoms with Gasteiger partial charge in [0.1, 0.15) is 5.56 Å². The van der Waals surface area contributed by atoms with Gasteiger partial charge < -0.3 is 14.4 Å². The molecule has 0 bridgehead atoms. The van der Waals surface area contributed by atoms with Gasteiger partial charge in [-0.25, -0.2) is 4.79 Å². The summed E-state index contributed by atoms with van der Waals surface area (Å²) in [4.78, 5) is 19.1. The number of hydrogen-bond donors (Lipinski definition) is 0. The molecule has 0 spiro atoms. The maximum atomic E-state index is 12.4. The van der Waals surface area contributed by atoms with E-state index < -0.39 is 0 Å². The molecule has 1 aliphatic heterocycles. The third-order valence-electron chi connectivity index (χ3n) is 4.10. The van der Waals surface area contributed by atoms with Crippen LogP contribution in [0.2, 0.25) is 0 Å². The summed E-state index contributed by atoms with van der Waals surface area (Å²) in [5, 5.41) is 1.01. The van der Waals surface area contributed by atoms with Crippen molar-refractivity contribution in [2.45, 2.75) is 20.8 Å².